The van der Waals surface area contributed by atoms with Crippen molar-refractivity contribution in [3.63, 3.8) is 0 Å². The third-order valence-corrected chi connectivity index (χ3v) is 3.36. The number of thiol groups is 1. The number of rotatable bonds is 3. The van der Waals surface area contributed by atoms with Crippen molar-refractivity contribution in [2.75, 3.05) is 0 Å². The number of benzene rings is 1. The van der Waals surface area contributed by atoms with Crippen molar-refractivity contribution < 1.29 is 9.21 Å². The first-order valence-corrected chi connectivity index (χ1v) is 6.58. The van der Waals surface area contributed by atoms with Crippen LogP contribution in [0.4, 0.5) is 0 Å². The maximum absolute atomic E-state index is 12.3. The van der Waals surface area contributed by atoms with E-state index in [1.54, 1.807) is 24.6 Å². The van der Waals surface area contributed by atoms with E-state index in [-0.39, 0.29) is 5.91 Å². The third kappa shape index (κ3) is 2.40. The van der Waals surface area contributed by atoms with Gasteiger partial charge < -0.3 is 9.73 Å². The van der Waals surface area contributed by atoms with Crippen LogP contribution in [0, 0.1) is 0 Å². The van der Waals surface area contributed by atoms with Crippen molar-refractivity contribution in [1.82, 2.24) is 10.3 Å². The van der Waals surface area contributed by atoms with Crippen molar-refractivity contribution in [3.05, 3.63) is 60.2 Å². The highest BCUT2D eigenvalue weighted by molar-refractivity contribution is 7.80. The number of fused-ring (bicyclic) bond motifs is 1. The molecule has 2 aromatic heterocycles. The van der Waals surface area contributed by atoms with Crippen LogP contribution in [0.2, 0.25) is 0 Å². The van der Waals surface area contributed by atoms with Crippen LogP contribution in [0.3, 0.4) is 0 Å². The number of pyridine rings is 1. The van der Waals surface area contributed by atoms with E-state index in [4.69, 9.17) is 4.42 Å². The summed E-state index contributed by atoms with van der Waals surface area (Å²) < 4.78 is 5.19. The molecule has 0 unspecified atom stereocenters. The van der Waals surface area contributed by atoms with Gasteiger partial charge in [-0.3, -0.25) is 9.78 Å². The summed E-state index contributed by atoms with van der Waals surface area (Å²) in [6.07, 6.45) is 3.19. The van der Waals surface area contributed by atoms with Gasteiger partial charge in [-0.05, 0) is 24.3 Å². The molecule has 100 valence electrons. The van der Waals surface area contributed by atoms with Gasteiger partial charge in [-0.2, -0.15) is 0 Å². The lowest BCUT2D eigenvalue weighted by atomic mass is 10.1. The van der Waals surface area contributed by atoms with Gasteiger partial charge in [0.05, 0.1) is 23.9 Å². The van der Waals surface area contributed by atoms with Crippen LogP contribution in [-0.2, 0) is 6.54 Å². The molecule has 4 nitrogen and oxygen atoms in total. The number of amides is 1. The Morgan fingerprint density at radius 3 is 2.95 bits per heavy atom. The molecular weight excluding hydrogens is 272 g/mol. The minimum Gasteiger partial charge on any atom is -0.467 e. The molecule has 0 aliphatic rings. The maximum Gasteiger partial charge on any atom is 0.252 e. The zero-order chi connectivity index (χ0) is 13.9. The number of nitrogens with one attached hydrogen (secondary N) is 1. The van der Waals surface area contributed by atoms with E-state index in [0.29, 0.717) is 17.9 Å². The summed E-state index contributed by atoms with van der Waals surface area (Å²) in [5.74, 6) is 0.555. The number of aromatic nitrogens is 1. The molecule has 0 aliphatic heterocycles. The number of hydrogen-bond acceptors (Lipinski definition) is 4. The number of para-hydroxylation sites is 1. The highest BCUT2D eigenvalue weighted by Crippen LogP contribution is 2.22. The molecule has 0 bridgehead atoms. The van der Waals surface area contributed by atoms with Crippen LogP contribution >= 0.6 is 12.6 Å². The Kier molecular flexibility index (Phi) is 3.43. The molecule has 20 heavy (non-hydrogen) atoms. The van der Waals surface area contributed by atoms with Crippen LogP contribution in [0.1, 0.15) is 16.1 Å². The van der Waals surface area contributed by atoms with Gasteiger partial charge in [0.25, 0.3) is 5.91 Å². The van der Waals surface area contributed by atoms with Gasteiger partial charge in [0.15, 0.2) is 0 Å². The van der Waals surface area contributed by atoms with E-state index >= 15 is 0 Å². The molecule has 1 amide bonds. The van der Waals surface area contributed by atoms with E-state index in [0.717, 1.165) is 15.8 Å². The summed E-state index contributed by atoms with van der Waals surface area (Å²) in [6, 6.07) is 10.9. The van der Waals surface area contributed by atoms with Gasteiger partial charge in [0, 0.05) is 16.5 Å². The minimum absolute atomic E-state index is 0.160. The molecule has 0 saturated heterocycles. The molecule has 3 rings (SSSR count). The lowest BCUT2D eigenvalue weighted by molar-refractivity contribution is 0.0949. The van der Waals surface area contributed by atoms with Crippen molar-refractivity contribution in [2.24, 2.45) is 0 Å². The fourth-order valence-electron chi connectivity index (χ4n) is 2.03. The quantitative estimate of drug-likeness (QED) is 0.727. The fraction of sp³-hybridized carbons (Fsp3) is 0.0667. The molecule has 0 spiro atoms. The average Bonchev–Trinajstić information content (AvgIpc) is 2.98. The second kappa shape index (κ2) is 5.38. The first-order valence-electron chi connectivity index (χ1n) is 6.13. The minimum atomic E-state index is -0.160. The predicted molar refractivity (Wildman–Crippen MR) is 78.9 cm³/mol. The molecule has 0 atom stereocenters. The normalized spacial score (nSPS) is 10.7. The smallest absolute Gasteiger partial charge is 0.252 e. The molecule has 0 radical (unpaired) electrons. The zero-order valence-corrected chi connectivity index (χ0v) is 11.4. The molecule has 2 heterocycles. The monoisotopic (exact) mass is 284 g/mol. The number of furan rings is 1. The lowest BCUT2D eigenvalue weighted by Crippen LogP contribution is -2.22. The molecule has 1 aromatic carbocycles. The van der Waals surface area contributed by atoms with E-state index in [2.05, 4.69) is 22.9 Å². The topological polar surface area (TPSA) is 55.1 Å². The highest BCUT2D eigenvalue weighted by Gasteiger charge is 2.11. The molecule has 3 aromatic rings. The highest BCUT2D eigenvalue weighted by atomic mass is 32.1. The second-order valence-electron chi connectivity index (χ2n) is 4.29. The Balaban J connectivity index is 1.90. The largest absolute Gasteiger partial charge is 0.467 e. The lowest BCUT2D eigenvalue weighted by Gasteiger charge is -2.07. The Morgan fingerprint density at radius 1 is 1.25 bits per heavy atom. The van der Waals surface area contributed by atoms with Crippen LogP contribution < -0.4 is 5.32 Å². The van der Waals surface area contributed by atoms with Gasteiger partial charge in [0.2, 0.25) is 0 Å². The van der Waals surface area contributed by atoms with Gasteiger partial charge in [-0.15, -0.1) is 12.6 Å². The number of carbonyl (C=O) groups excluding carboxylic acids is 1. The SMILES string of the molecule is O=C(NCc1ccco1)c1ccnc2c(S)cccc12. The zero-order valence-electron chi connectivity index (χ0n) is 10.5. The Labute approximate surface area is 121 Å². The first kappa shape index (κ1) is 12.7. The molecule has 5 heteroatoms. The Morgan fingerprint density at radius 2 is 2.15 bits per heavy atom. The predicted octanol–water partition coefficient (Wildman–Crippen LogP) is 3.05. The van der Waals surface area contributed by atoms with Gasteiger partial charge in [-0.1, -0.05) is 12.1 Å². The summed E-state index contributed by atoms with van der Waals surface area (Å²) in [5.41, 5.74) is 1.30. The Bertz CT molecular complexity index is 754. The molecule has 1 N–H and O–H groups in total. The van der Waals surface area contributed by atoms with E-state index in [1.807, 2.05) is 24.3 Å². The fourth-order valence-corrected chi connectivity index (χ4v) is 2.30. The summed E-state index contributed by atoms with van der Waals surface area (Å²) in [5, 5.41) is 3.62. The second-order valence-corrected chi connectivity index (χ2v) is 4.78. The number of nitrogens with zero attached hydrogens (tertiary/aromatic N) is 1. The van der Waals surface area contributed by atoms with Gasteiger partial charge in [0.1, 0.15) is 5.76 Å². The molecule has 0 aliphatic carbocycles. The number of hydrogen-bond donors (Lipinski definition) is 2. The number of carbonyl (C=O) groups is 1. The average molecular weight is 284 g/mol. The van der Waals surface area contributed by atoms with Crippen LogP contribution in [0.15, 0.2) is 58.2 Å². The van der Waals surface area contributed by atoms with Gasteiger partial charge in [-0.25, -0.2) is 0 Å². The van der Waals surface area contributed by atoms with Crippen LogP contribution in [0.25, 0.3) is 10.9 Å². The maximum atomic E-state index is 12.3. The van der Waals surface area contributed by atoms with E-state index in [1.165, 1.54) is 0 Å². The van der Waals surface area contributed by atoms with E-state index in [9.17, 15) is 4.79 Å². The molecular formula is C15H12N2O2S. The van der Waals surface area contributed by atoms with Crippen molar-refractivity contribution in [1.29, 1.82) is 0 Å². The molecule has 0 saturated carbocycles. The molecule has 0 fully saturated rings. The van der Waals surface area contributed by atoms with Crippen molar-refractivity contribution >= 4 is 29.4 Å². The van der Waals surface area contributed by atoms with Crippen LogP contribution in [-0.4, -0.2) is 10.9 Å². The summed E-state index contributed by atoms with van der Waals surface area (Å²) in [7, 11) is 0. The van der Waals surface area contributed by atoms with Crippen LogP contribution in [0.5, 0.6) is 0 Å². The van der Waals surface area contributed by atoms with Crippen molar-refractivity contribution in [3.8, 4) is 0 Å². The third-order valence-electron chi connectivity index (χ3n) is 3.00. The van der Waals surface area contributed by atoms with E-state index < -0.39 is 0 Å². The standard InChI is InChI=1S/C15H12N2O2S/c18-15(17-9-10-3-2-8-19-10)12-6-7-16-14-11(12)4-1-5-13(14)20/h1-8,20H,9H2,(H,17,18). The first-order chi connectivity index (χ1) is 9.75. The summed E-state index contributed by atoms with van der Waals surface area (Å²) in [6.45, 7) is 0.357. The summed E-state index contributed by atoms with van der Waals surface area (Å²) >= 11 is 4.36. The van der Waals surface area contributed by atoms with Crippen molar-refractivity contribution in [2.45, 2.75) is 11.4 Å². The Hall–Kier alpha value is -2.27. The summed E-state index contributed by atoms with van der Waals surface area (Å²) in [4.78, 5) is 17.3. The van der Waals surface area contributed by atoms with Gasteiger partial charge >= 0.3 is 0 Å².